The van der Waals surface area contributed by atoms with E-state index in [0.717, 1.165) is 30.5 Å². The largest absolute Gasteiger partial charge is 0.394 e. The molecule has 0 radical (unpaired) electrons. The number of carbonyl (C=O) groups excluding carboxylic acids is 1. The maximum absolute atomic E-state index is 12.0. The molecule has 1 atom stereocenters. The van der Waals surface area contributed by atoms with Gasteiger partial charge in [0.2, 0.25) is 0 Å². The van der Waals surface area contributed by atoms with E-state index in [9.17, 15) is 9.90 Å². The summed E-state index contributed by atoms with van der Waals surface area (Å²) in [4.78, 5) is 12.0. The fraction of sp³-hybridized carbons (Fsp3) is 0.412. The molecule has 1 aliphatic carbocycles. The average Bonchev–Trinajstić information content (AvgIpc) is 3.17. The van der Waals surface area contributed by atoms with Crippen molar-refractivity contribution in [3.8, 4) is 0 Å². The van der Waals surface area contributed by atoms with Gasteiger partial charge in [-0.05, 0) is 36.8 Å². The number of hydrogen-bond acceptors (Lipinski definition) is 3. The third-order valence-electron chi connectivity index (χ3n) is 4.19. The second kappa shape index (κ2) is 7.28. The number of nitrogens with one attached hydrogen (secondary N) is 3. The van der Waals surface area contributed by atoms with Crippen LogP contribution in [0.25, 0.3) is 0 Å². The molecule has 2 aromatic rings. The standard InChI is InChI=1S/C17H22N4O2/c22-11-13(9-12-5-2-1-3-6-12)19-17(23)18-10-16-14-7-4-8-15(14)20-21-16/h1-3,5-6,13,22H,4,7-11H2,(H,20,21)(H2,18,19,23)/t13-/m0/s1. The van der Waals surface area contributed by atoms with Gasteiger partial charge < -0.3 is 15.7 Å². The van der Waals surface area contributed by atoms with E-state index in [1.165, 1.54) is 11.3 Å². The fourth-order valence-electron chi connectivity index (χ4n) is 2.99. The predicted octanol–water partition coefficient (Wildman–Crippen LogP) is 1.30. The first-order valence-corrected chi connectivity index (χ1v) is 8.00. The van der Waals surface area contributed by atoms with Gasteiger partial charge in [-0.15, -0.1) is 0 Å². The number of amides is 2. The molecule has 2 amide bonds. The summed E-state index contributed by atoms with van der Waals surface area (Å²) in [5.74, 6) is 0. The normalized spacial score (nSPS) is 14.3. The van der Waals surface area contributed by atoms with Crippen molar-refractivity contribution in [2.24, 2.45) is 0 Å². The zero-order valence-corrected chi connectivity index (χ0v) is 13.0. The van der Waals surface area contributed by atoms with Gasteiger partial charge >= 0.3 is 6.03 Å². The number of benzene rings is 1. The van der Waals surface area contributed by atoms with Gasteiger partial charge in [0.1, 0.15) is 0 Å². The van der Waals surface area contributed by atoms with Gasteiger partial charge in [0.15, 0.2) is 0 Å². The molecule has 23 heavy (non-hydrogen) atoms. The van der Waals surface area contributed by atoms with Crippen LogP contribution in [0.5, 0.6) is 0 Å². The number of aliphatic hydroxyl groups excluding tert-OH is 1. The van der Waals surface area contributed by atoms with Crippen molar-refractivity contribution >= 4 is 6.03 Å². The maximum Gasteiger partial charge on any atom is 0.315 e. The van der Waals surface area contributed by atoms with E-state index in [1.54, 1.807) is 0 Å². The van der Waals surface area contributed by atoms with Crippen LogP contribution in [0, 0.1) is 0 Å². The summed E-state index contributed by atoms with van der Waals surface area (Å²) >= 11 is 0. The number of H-pyrrole nitrogens is 1. The van der Waals surface area contributed by atoms with Crippen molar-refractivity contribution in [2.45, 2.75) is 38.3 Å². The monoisotopic (exact) mass is 314 g/mol. The zero-order valence-electron chi connectivity index (χ0n) is 13.0. The number of hydrogen-bond donors (Lipinski definition) is 4. The van der Waals surface area contributed by atoms with Gasteiger partial charge in [-0.2, -0.15) is 5.10 Å². The van der Waals surface area contributed by atoms with Gasteiger partial charge in [-0.25, -0.2) is 4.79 Å². The second-order valence-corrected chi connectivity index (χ2v) is 5.88. The van der Waals surface area contributed by atoms with Crippen LogP contribution in [-0.2, 0) is 25.8 Å². The van der Waals surface area contributed by atoms with Crippen LogP contribution >= 0.6 is 0 Å². The van der Waals surface area contributed by atoms with Crippen LogP contribution in [0.2, 0.25) is 0 Å². The second-order valence-electron chi connectivity index (χ2n) is 5.88. The Balaban J connectivity index is 1.49. The van der Waals surface area contributed by atoms with Gasteiger partial charge in [-0.3, -0.25) is 5.10 Å². The summed E-state index contributed by atoms with van der Waals surface area (Å²) in [6.45, 7) is 0.307. The zero-order chi connectivity index (χ0) is 16.1. The maximum atomic E-state index is 12.0. The van der Waals surface area contributed by atoms with E-state index in [0.29, 0.717) is 13.0 Å². The Morgan fingerprint density at radius 1 is 1.30 bits per heavy atom. The number of carbonyl (C=O) groups is 1. The Morgan fingerprint density at radius 3 is 2.91 bits per heavy atom. The topological polar surface area (TPSA) is 90.0 Å². The molecule has 0 bridgehead atoms. The Hall–Kier alpha value is -2.34. The van der Waals surface area contributed by atoms with E-state index in [4.69, 9.17) is 0 Å². The average molecular weight is 314 g/mol. The SMILES string of the molecule is O=C(NCc1n[nH]c2c1CCC2)N[C@H](CO)Cc1ccccc1. The predicted molar refractivity (Wildman–Crippen MR) is 87.0 cm³/mol. The molecule has 1 aromatic heterocycles. The Bertz CT molecular complexity index is 654. The minimum Gasteiger partial charge on any atom is -0.394 e. The lowest BCUT2D eigenvalue weighted by Gasteiger charge is -2.16. The molecule has 1 aliphatic rings. The molecule has 4 N–H and O–H groups in total. The molecule has 0 aliphatic heterocycles. The van der Waals surface area contributed by atoms with Crippen molar-refractivity contribution < 1.29 is 9.90 Å². The summed E-state index contributed by atoms with van der Waals surface area (Å²) in [6.07, 6.45) is 3.81. The van der Waals surface area contributed by atoms with Gasteiger partial charge in [-0.1, -0.05) is 30.3 Å². The Labute approximate surface area is 135 Å². The molecule has 122 valence electrons. The van der Waals surface area contributed by atoms with Gasteiger partial charge in [0, 0.05) is 5.69 Å². The summed E-state index contributed by atoms with van der Waals surface area (Å²) in [7, 11) is 0. The number of aliphatic hydroxyl groups is 1. The highest BCUT2D eigenvalue weighted by Gasteiger charge is 2.19. The van der Waals surface area contributed by atoms with E-state index in [2.05, 4.69) is 20.8 Å². The van der Waals surface area contributed by atoms with Crippen molar-refractivity contribution in [1.82, 2.24) is 20.8 Å². The fourth-order valence-corrected chi connectivity index (χ4v) is 2.99. The number of aromatic amines is 1. The summed E-state index contributed by atoms with van der Waals surface area (Å²) in [6, 6.07) is 9.21. The molecule has 0 saturated heterocycles. The lowest BCUT2D eigenvalue weighted by atomic mass is 10.1. The van der Waals surface area contributed by atoms with Crippen LogP contribution in [0.3, 0.4) is 0 Å². The number of fused-ring (bicyclic) bond motifs is 1. The molecule has 0 spiro atoms. The Kier molecular flexibility index (Phi) is 4.92. The highest BCUT2D eigenvalue weighted by Crippen LogP contribution is 2.22. The first-order chi connectivity index (χ1) is 11.3. The summed E-state index contributed by atoms with van der Waals surface area (Å²) in [5, 5.41) is 22.4. The molecular formula is C17H22N4O2. The van der Waals surface area contributed by atoms with Gasteiger partial charge in [0.05, 0.1) is 24.9 Å². The molecule has 0 saturated carbocycles. The van der Waals surface area contributed by atoms with Crippen LogP contribution in [0.1, 0.15) is 28.9 Å². The third kappa shape index (κ3) is 3.90. The smallest absolute Gasteiger partial charge is 0.315 e. The van der Waals surface area contributed by atoms with E-state index < -0.39 is 0 Å². The van der Waals surface area contributed by atoms with Crippen LogP contribution < -0.4 is 10.6 Å². The first-order valence-electron chi connectivity index (χ1n) is 8.00. The molecular weight excluding hydrogens is 292 g/mol. The molecule has 1 aromatic carbocycles. The number of urea groups is 1. The molecule has 0 unspecified atom stereocenters. The highest BCUT2D eigenvalue weighted by atomic mass is 16.3. The molecule has 6 heteroatoms. The van der Waals surface area contributed by atoms with Gasteiger partial charge in [0.25, 0.3) is 0 Å². The number of aromatic nitrogens is 2. The minimum atomic E-state index is -0.303. The number of rotatable bonds is 6. The van der Waals surface area contributed by atoms with Crippen molar-refractivity contribution in [3.05, 3.63) is 52.8 Å². The summed E-state index contributed by atoms with van der Waals surface area (Å²) in [5.41, 5.74) is 4.43. The molecule has 1 heterocycles. The first kappa shape index (κ1) is 15.6. The lowest BCUT2D eigenvalue weighted by Crippen LogP contribution is -2.44. The van der Waals surface area contributed by atoms with Crippen LogP contribution in [0.4, 0.5) is 4.79 Å². The van der Waals surface area contributed by atoms with Crippen molar-refractivity contribution in [2.75, 3.05) is 6.61 Å². The van der Waals surface area contributed by atoms with Crippen LogP contribution in [-0.4, -0.2) is 34.0 Å². The number of nitrogens with zero attached hydrogens (tertiary/aromatic N) is 1. The lowest BCUT2D eigenvalue weighted by molar-refractivity contribution is 0.215. The number of aryl methyl sites for hydroxylation is 1. The van der Waals surface area contributed by atoms with Crippen molar-refractivity contribution in [3.63, 3.8) is 0 Å². The molecule has 3 rings (SSSR count). The van der Waals surface area contributed by atoms with Crippen molar-refractivity contribution in [1.29, 1.82) is 0 Å². The van der Waals surface area contributed by atoms with E-state index in [-0.39, 0.29) is 18.7 Å². The third-order valence-corrected chi connectivity index (χ3v) is 4.19. The van der Waals surface area contributed by atoms with E-state index >= 15 is 0 Å². The summed E-state index contributed by atoms with van der Waals surface area (Å²) < 4.78 is 0. The molecule has 0 fully saturated rings. The van der Waals surface area contributed by atoms with Crippen LogP contribution in [0.15, 0.2) is 30.3 Å². The van der Waals surface area contributed by atoms with E-state index in [1.807, 2.05) is 30.3 Å². The highest BCUT2D eigenvalue weighted by molar-refractivity contribution is 5.74. The quantitative estimate of drug-likeness (QED) is 0.648. The minimum absolute atomic E-state index is 0.0971. The molecule has 6 nitrogen and oxygen atoms in total. The Morgan fingerprint density at radius 2 is 2.13 bits per heavy atom.